The lowest BCUT2D eigenvalue weighted by Gasteiger charge is -2.21. The van der Waals surface area contributed by atoms with Crippen molar-refractivity contribution in [3.8, 4) is 17.1 Å². The second-order valence-corrected chi connectivity index (χ2v) is 5.42. The zero-order chi connectivity index (χ0) is 14.0. The van der Waals surface area contributed by atoms with Crippen LogP contribution in [0.25, 0.3) is 11.4 Å². The summed E-state index contributed by atoms with van der Waals surface area (Å²) in [5.74, 6) is 2.29. The molecule has 0 bridgehead atoms. The number of hydrogen-bond donors (Lipinski definition) is 1. The van der Waals surface area contributed by atoms with Crippen molar-refractivity contribution in [1.82, 2.24) is 14.8 Å². The van der Waals surface area contributed by atoms with Crippen LogP contribution >= 0.6 is 0 Å². The van der Waals surface area contributed by atoms with Gasteiger partial charge in [0.25, 0.3) is 0 Å². The maximum Gasteiger partial charge on any atom is 0.181 e. The molecule has 0 aliphatic carbocycles. The van der Waals surface area contributed by atoms with Crippen LogP contribution in [-0.4, -0.2) is 20.4 Å². The highest BCUT2D eigenvalue weighted by atomic mass is 16.5. The van der Waals surface area contributed by atoms with Gasteiger partial charge in [-0.05, 0) is 45.0 Å². The number of nitrogens with zero attached hydrogens (tertiary/aromatic N) is 3. The molecule has 5 nitrogen and oxygen atoms in total. The standard InChI is InChI=1S/C14H20N4O/c1-14(2,3)19-11-7-5-10(6-8-11)13-16-12(9-15)18(4)17-13/h5-8H,9,15H2,1-4H3. The van der Waals surface area contributed by atoms with E-state index in [4.69, 9.17) is 10.5 Å². The Labute approximate surface area is 113 Å². The molecule has 0 fully saturated rings. The van der Waals surface area contributed by atoms with E-state index in [0.29, 0.717) is 12.4 Å². The number of aryl methyl sites for hydroxylation is 1. The molecule has 1 heterocycles. The first kappa shape index (κ1) is 13.5. The molecule has 0 unspecified atom stereocenters. The lowest BCUT2D eigenvalue weighted by atomic mass is 10.1. The molecule has 1 aromatic heterocycles. The molecule has 2 aromatic rings. The summed E-state index contributed by atoms with van der Waals surface area (Å²) in [5.41, 5.74) is 6.35. The second-order valence-electron chi connectivity index (χ2n) is 5.42. The van der Waals surface area contributed by atoms with Gasteiger partial charge >= 0.3 is 0 Å². The van der Waals surface area contributed by atoms with Gasteiger partial charge in [-0.25, -0.2) is 4.98 Å². The van der Waals surface area contributed by atoms with E-state index in [1.54, 1.807) is 4.68 Å². The predicted octanol–water partition coefficient (Wildman–Crippen LogP) is 2.12. The van der Waals surface area contributed by atoms with E-state index < -0.39 is 0 Å². The summed E-state index contributed by atoms with van der Waals surface area (Å²) in [7, 11) is 1.84. The van der Waals surface area contributed by atoms with E-state index >= 15 is 0 Å². The average molecular weight is 260 g/mol. The first-order chi connectivity index (χ1) is 8.89. The lowest BCUT2D eigenvalue weighted by molar-refractivity contribution is 0.131. The fraction of sp³-hybridized carbons (Fsp3) is 0.429. The molecule has 19 heavy (non-hydrogen) atoms. The van der Waals surface area contributed by atoms with Crippen molar-refractivity contribution in [2.45, 2.75) is 32.9 Å². The maximum atomic E-state index is 5.78. The summed E-state index contributed by atoms with van der Waals surface area (Å²) in [6, 6.07) is 7.77. The Morgan fingerprint density at radius 1 is 1.21 bits per heavy atom. The third-order valence-electron chi connectivity index (χ3n) is 2.57. The van der Waals surface area contributed by atoms with Crippen molar-refractivity contribution in [3.05, 3.63) is 30.1 Å². The fourth-order valence-electron chi connectivity index (χ4n) is 1.74. The van der Waals surface area contributed by atoms with Crippen molar-refractivity contribution < 1.29 is 4.74 Å². The first-order valence-corrected chi connectivity index (χ1v) is 6.28. The molecule has 0 atom stereocenters. The van der Waals surface area contributed by atoms with Crippen LogP contribution in [0.4, 0.5) is 0 Å². The monoisotopic (exact) mass is 260 g/mol. The quantitative estimate of drug-likeness (QED) is 0.918. The van der Waals surface area contributed by atoms with Crippen molar-refractivity contribution in [2.75, 3.05) is 0 Å². The van der Waals surface area contributed by atoms with Crippen LogP contribution in [0, 0.1) is 0 Å². The first-order valence-electron chi connectivity index (χ1n) is 6.28. The second kappa shape index (κ2) is 5.01. The van der Waals surface area contributed by atoms with E-state index in [2.05, 4.69) is 10.1 Å². The van der Waals surface area contributed by atoms with Crippen LogP contribution in [0.15, 0.2) is 24.3 Å². The largest absolute Gasteiger partial charge is 0.488 e. The Morgan fingerprint density at radius 3 is 2.32 bits per heavy atom. The molecule has 0 amide bonds. The Balaban J connectivity index is 2.22. The van der Waals surface area contributed by atoms with E-state index in [-0.39, 0.29) is 5.60 Å². The third-order valence-corrected chi connectivity index (χ3v) is 2.57. The molecule has 0 aliphatic heterocycles. The zero-order valence-corrected chi connectivity index (χ0v) is 11.8. The summed E-state index contributed by atoms with van der Waals surface area (Å²) < 4.78 is 7.48. The third kappa shape index (κ3) is 3.32. The SMILES string of the molecule is Cn1nc(-c2ccc(OC(C)(C)C)cc2)nc1CN. The minimum absolute atomic E-state index is 0.197. The summed E-state index contributed by atoms with van der Waals surface area (Å²) in [5, 5.41) is 4.34. The van der Waals surface area contributed by atoms with Gasteiger partial charge in [-0.2, -0.15) is 5.10 Å². The molecule has 5 heteroatoms. The summed E-state index contributed by atoms with van der Waals surface area (Å²) in [6.07, 6.45) is 0. The molecule has 1 aromatic carbocycles. The van der Waals surface area contributed by atoms with Gasteiger partial charge in [0.2, 0.25) is 0 Å². The van der Waals surface area contributed by atoms with E-state index in [1.165, 1.54) is 0 Å². The van der Waals surface area contributed by atoms with Crippen molar-refractivity contribution in [3.63, 3.8) is 0 Å². The molecule has 2 N–H and O–H groups in total. The molecule has 0 saturated heterocycles. The molecule has 102 valence electrons. The number of rotatable bonds is 3. The summed E-state index contributed by atoms with van der Waals surface area (Å²) in [6.45, 7) is 6.45. The number of nitrogens with two attached hydrogens (primary N) is 1. The molecule has 0 radical (unpaired) electrons. The Kier molecular flexibility index (Phi) is 3.57. The average Bonchev–Trinajstić information content (AvgIpc) is 2.69. The smallest absolute Gasteiger partial charge is 0.181 e. The summed E-state index contributed by atoms with van der Waals surface area (Å²) in [4.78, 5) is 4.39. The maximum absolute atomic E-state index is 5.78. The van der Waals surface area contributed by atoms with Gasteiger partial charge in [-0.15, -0.1) is 0 Å². The van der Waals surface area contributed by atoms with Crippen molar-refractivity contribution in [1.29, 1.82) is 0 Å². The molecular weight excluding hydrogens is 240 g/mol. The molecule has 0 spiro atoms. The fourth-order valence-corrected chi connectivity index (χ4v) is 1.74. The Bertz CT molecular complexity index is 552. The van der Waals surface area contributed by atoms with Gasteiger partial charge in [0.1, 0.15) is 17.2 Å². The highest BCUT2D eigenvalue weighted by Crippen LogP contribution is 2.22. The van der Waals surface area contributed by atoms with Crippen LogP contribution in [0.5, 0.6) is 5.75 Å². The van der Waals surface area contributed by atoms with Gasteiger partial charge < -0.3 is 10.5 Å². The van der Waals surface area contributed by atoms with Gasteiger partial charge in [-0.1, -0.05) is 0 Å². The van der Waals surface area contributed by atoms with Crippen LogP contribution < -0.4 is 10.5 Å². The Morgan fingerprint density at radius 2 is 1.84 bits per heavy atom. The van der Waals surface area contributed by atoms with Gasteiger partial charge in [-0.3, -0.25) is 4.68 Å². The molecule has 0 saturated carbocycles. The van der Waals surface area contributed by atoms with Crippen LogP contribution in [0.3, 0.4) is 0 Å². The van der Waals surface area contributed by atoms with Crippen molar-refractivity contribution in [2.24, 2.45) is 12.8 Å². The highest BCUT2D eigenvalue weighted by Gasteiger charge is 2.12. The molecule has 0 aliphatic rings. The van der Waals surface area contributed by atoms with E-state index in [0.717, 1.165) is 17.1 Å². The normalized spacial score (nSPS) is 11.6. The van der Waals surface area contributed by atoms with Gasteiger partial charge in [0.05, 0.1) is 6.54 Å². The molecular formula is C14H20N4O. The predicted molar refractivity (Wildman–Crippen MR) is 74.7 cm³/mol. The zero-order valence-electron chi connectivity index (χ0n) is 11.8. The van der Waals surface area contributed by atoms with Crippen LogP contribution in [-0.2, 0) is 13.6 Å². The highest BCUT2D eigenvalue weighted by molar-refractivity contribution is 5.55. The molecule has 2 rings (SSSR count). The summed E-state index contributed by atoms with van der Waals surface area (Å²) >= 11 is 0. The number of hydrogen-bond acceptors (Lipinski definition) is 4. The number of aromatic nitrogens is 3. The van der Waals surface area contributed by atoms with E-state index in [1.807, 2.05) is 52.1 Å². The van der Waals surface area contributed by atoms with Gasteiger partial charge in [0, 0.05) is 12.6 Å². The number of benzene rings is 1. The van der Waals surface area contributed by atoms with Crippen LogP contribution in [0.2, 0.25) is 0 Å². The minimum atomic E-state index is -0.197. The van der Waals surface area contributed by atoms with Gasteiger partial charge in [0.15, 0.2) is 5.82 Å². The van der Waals surface area contributed by atoms with E-state index in [9.17, 15) is 0 Å². The van der Waals surface area contributed by atoms with Crippen molar-refractivity contribution >= 4 is 0 Å². The topological polar surface area (TPSA) is 66.0 Å². The minimum Gasteiger partial charge on any atom is -0.488 e. The van der Waals surface area contributed by atoms with Crippen LogP contribution in [0.1, 0.15) is 26.6 Å². The Hall–Kier alpha value is -1.88. The lowest BCUT2D eigenvalue weighted by Crippen LogP contribution is -2.22. The number of ether oxygens (including phenoxy) is 1.